The van der Waals surface area contributed by atoms with Crippen molar-refractivity contribution in [1.29, 1.82) is 0 Å². The van der Waals surface area contributed by atoms with Crippen LogP contribution >= 0.6 is 11.3 Å². The number of amides is 1. The Morgan fingerprint density at radius 3 is 2.80 bits per heavy atom. The molecule has 0 saturated carbocycles. The molecule has 0 fully saturated rings. The van der Waals surface area contributed by atoms with Gasteiger partial charge in [0.05, 0.1) is 5.69 Å². The van der Waals surface area contributed by atoms with Crippen LogP contribution in [0.1, 0.15) is 18.5 Å². The average molecular weight is 356 g/mol. The molecule has 2 aromatic heterocycles. The number of hydrogen-bond acceptors (Lipinski definition) is 6. The first-order valence-electron chi connectivity index (χ1n) is 8.13. The van der Waals surface area contributed by atoms with Crippen LogP contribution in [0.3, 0.4) is 0 Å². The van der Waals surface area contributed by atoms with E-state index in [1.165, 1.54) is 11.3 Å². The standard InChI is InChI=1S/C18H19N3O3S/c22-16(14-5-1-2-6-15(14)18(23)24)20-9-7-13-11-25-17(21-13)12-4-3-8-19-10-12/h1-4,8,10-11,14-15H,5-7,9H2,(H,20,22)(H,23,24)/p-1/t14-,15-/m0/s1. The summed E-state index contributed by atoms with van der Waals surface area (Å²) in [6.45, 7) is 0.426. The van der Waals surface area contributed by atoms with E-state index in [1.54, 1.807) is 18.5 Å². The highest BCUT2D eigenvalue weighted by atomic mass is 32.1. The van der Waals surface area contributed by atoms with Gasteiger partial charge in [-0.1, -0.05) is 12.2 Å². The molecule has 2 atom stereocenters. The minimum absolute atomic E-state index is 0.235. The topological polar surface area (TPSA) is 95.0 Å². The number of allylic oxidation sites excluding steroid dienone is 2. The molecule has 130 valence electrons. The van der Waals surface area contributed by atoms with Gasteiger partial charge in [-0.15, -0.1) is 11.3 Å². The van der Waals surface area contributed by atoms with Crippen LogP contribution in [0.5, 0.6) is 0 Å². The van der Waals surface area contributed by atoms with Crippen molar-refractivity contribution in [3.05, 3.63) is 47.8 Å². The van der Waals surface area contributed by atoms with E-state index in [0.29, 0.717) is 25.8 Å². The van der Waals surface area contributed by atoms with Gasteiger partial charge in [-0.3, -0.25) is 9.78 Å². The van der Waals surface area contributed by atoms with Gasteiger partial charge in [0.1, 0.15) is 5.01 Å². The Bertz CT molecular complexity index is 773. The molecule has 0 radical (unpaired) electrons. The average Bonchev–Trinajstić information content (AvgIpc) is 3.11. The number of carbonyl (C=O) groups excluding carboxylic acids is 2. The van der Waals surface area contributed by atoms with E-state index < -0.39 is 17.8 Å². The second kappa shape index (κ2) is 8.02. The second-order valence-electron chi connectivity index (χ2n) is 5.90. The van der Waals surface area contributed by atoms with E-state index in [2.05, 4.69) is 15.3 Å². The highest BCUT2D eigenvalue weighted by molar-refractivity contribution is 7.13. The smallest absolute Gasteiger partial charge is 0.224 e. The molecule has 1 N–H and O–H groups in total. The van der Waals surface area contributed by atoms with Crippen LogP contribution in [0, 0.1) is 11.8 Å². The molecular weight excluding hydrogens is 338 g/mol. The minimum atomic E-state index is -1.16. The molecule has 7 heteroatoms. The van der Waals surface area contributed by atoms with Crippen molar-refractivity contribution >= 4 is 23.2 Å². The second-order valence-corrected chi connectivity index (χ2v) is 6.76. The molecule has 1 aliphatic rings. The summed E-state index contributed by atoms with van der Waals surface area (Å²) in [6, 6.07) is 3.82. The molecule has 1 aliphatic carbocycles. The molecule has 3 rings (SSSR count). The SMILES string of the molecule is O=C([O-])[C@H]1CC=CC[C@@H]1C(=O)NCCc1csc(-c2cccnc2)n1. The number of carboxylic acids is 1. The van der Waals surface area contributed by atoms with Crippen LogP contribution in [0.2, 0.25) is 0 Å². The monoisotopic (exact) mass is 356 g/mol. The summed E-state index contributed by atoms with van der Waals surface area (Å²) in [7, 11) is 0. The largest absolute Gasteiger partial charge is 0.550 e. The lowest BCUT2D eigenvalue weighted by Gasteiger charge is -2.28. The predicted molar refractivity (Wildman–Crippen MR) is 92.4 cm³/mol. The maximum absolute atomic E-state index is 12.3. The van der Waals surface area contributed by atoms with Crippen molar-refractivity contribution in [1.82, 2.24) is 15.3 Å². The zero-order valence-corrected chi connectivity index (χ0v) is 14.4. The summed E-state index contributed by atoms with van der Waals surface area (Å²) >= 11 is 1.53. The van der Waals surface area contributed by atoms with Crippen molar-refractivity contribution in [2.24, 2.45) is 11.8 Å². The lowest BCUT2D eigenvalue weighted by atomic mass is 9.82. The summed E-state index contributed by atoms with van der Waals surface area (Å²) < 4.78 is 0. The Kier molecular flexibility index (Phi) is 5.55. The van der Waals surface area contributed by atoms with Crippen molar-refractivity contribution < 1.29 is 14.7 Å². The van der Waals surface area contributed by atoms with Gasteiger partial charge in [-0.05, 0) is 25.0 Å². The van der Waals surface area contributed by atoms with E-state index in [0.717, 1.165) is 16.3 Å². The number of carboxylic acid groups (broad SMARTS) is 1. The summed E-state index contributed by atoms with van der Waals surface area (Å²) in [5.41, 5.74) is 1.86. The summed E-state index contributed by atoms with van der Waals surface area (Å²) in [6.07, 6.45) is 8.51. The summed E-state index contributed by atoms with van der Waals surface area (Å²) in [4.78, 5) is 32.1. The zero-order valence-electron chi connectivity index (χ0n) is 13.6. The molecule has 25 heavy (non-hydrogen) atoms. The van der Waals surface area contributed by atoms with Crippen molar-refractivity contribution in [2.75, 3.05) is 6.54 Å². The third-order valence-electron chi connectivity index (χ3n) is 4.21. The van der Waals surface area contributed by atoms with Gasteiger partial charge in [-0.2, -0.15) is 0 Å². The molecular formula is C18H18N3O3S-. The number of rotatable bonds is 6. The Morgan fingerprint density at radius 2 is 2.08 bits per heavy atom. The van der Waals surface area contributed by atoms with Crippen molar-refractivity contribution in [2.45, 2.75) is 19.3 Å². The predicted octanol–water partition coefficient (Wildman–Crippen LogP) is 1.20. The third-order valence-corrected chi connectivity index (χ3v) is 5.15. The van der Waals surface area contributed by atoms with E-state index in [-0.39, 0.29) is 5.91 Å². The number of aromatic nitrogens is 2. The first kappa shape index (κ1) is 17.3. The Labute approximate surface area is 149 Å². The van der Waals surface area contributed by atoms with Crippen LogP contribution in [-0.4, -0.2) is 28.4 Å². The van der Waals surface area contributed by atoms with Gasteiger partial charge in [0, 0.05) is 54.1 Å². The molecule has 6 nitrogen and oxygen atoms in total. The lowest BCUT2D eigenvalue weighted by molar-refractivity contribution is -0.313. The van der Waals surface area contributed by atoms with Crippen LogP contribution in [0.4, 0.5) is 0 Å². The van der Waals surface area contributed by atoms with Crippen LogP contribution in [-0.2, 0) is 16.0 Å². The van der Waals surface area contributed by atoms with Crippen LogP contribution < -0.4 is 10.4 Å². The lowest BCUT2D eigenvalue weighted by Crippen LogP contribution is -2.44. The first-order valence-corrected chi connectivity index (χ1v) is 9.01. The quantitative estimate of drug-likeness (QED) is 0.785. The highest BCUT2D eigenvalue weighted by Gasteiger charge is 2.29. The van der Waals surface area contributed by atoms with E-state index in [1.807, 2.05) is 23.6 Å². The molecule has 2 aromatic rings. The molecule has 0 bridgehead atoms. The van der Waals surface area contributed by atoms with Gasteiger partial charge >= 0.3 is 0 Å². The van der Waals surface area contributed by atoms with E-state index in [4.69, 9.17) is 0 Å². The number of pyridine rings is 1. The first-order chi connectivity index (χ1) is 12.1. The normalized spacial score (nSPS) is 19.5. The minimum Gasteiger partial charge on any atom is -0.550 e. The fourth-order valence-electron chi connectivity index (χ4n) is 2.85. The molecule has 0 unspecified atom stereocenters. The maximum atomic E-state index is 12.3. The number of hydrogen-bond donors (Lipinski definition) is 1. The molecule has 1 amide bonds. The van der Waals surface area contributed by atoms with E-state index >= 15 is 0 Å². The molecule has 0 aliphatic heterocycles. The number of aliphatic carboxylic acids is 1. The van der Waals surface area contributed by atoms with Gasteiger partial charge in [0.25, 0.3) is 0 Å². The molecule has 0 aromatic carbocycles. The molecule has 0 spiro atoms. The van der Waals surface area contributed by atoms with E-state index in [9.17, 15) is 14.7 Å². The van der Waals surface area contributed by atoms with Gasteiger partial charge in [-0.25, -0.2) is 4.98 Å². The fourth-order valence-corrected chi connectivity index (χ4v) is 3.70. The number of nitrogens with one attached hydrogen (secondary N) is 1. The number of thiazole rings is 1. The third kappa shape index (κ3) is 4.30. The Morgan fingerprint density at radius 1 is 1.28 bits per heavy atom. The molecule has 0 saturated heterocycles. The summed E-state index contributed by atoms with van der Waals surface area (Å²) in [5, 5.41) is 16.8. The van der Waals surface area contributed by atoms with Crippen LogP contribution in [0.25, 0.3) is 10.6 Å². The Balaban J connectivity index is 1.53. The number of carbonyl (C=O) groups is 2. The maximum Gasteiger partial charge on any atom is 0.224 e. The van der Waals surface area contributed by atoms with Gasteiger partial charge in [0.15, 0.2) is 0 Å². The number of nitrogens with zero attached hydrogens (tertiary/aromatic N) is 2. The Hall–Kier alpha value is -2.54. The van der Waals surface area contributed by atoms with Gasteiger partial charge < -0.3 is 15.2 Å². The highest BCUT2D eigenvalue weighted by Crippen LogP contribution is 2.25. The van der Waals surface area contributed by atoms with Crippen molar-refractivity contribution in [3.63, 3.8) is 0 Å². The van der Waals surface area contributed by atoms with Crippen LogP contribution in [0.15, 0.2) is 42.1 Å². The fraction of sp³-hybridized carbons (Fsp3) is 0.333. The van der Waals surface area contributed by atoms with Gasteiger partial charge in [0.2, 0.25) is 5.91 Å². The zero-order chi connectivity index (χ0) is 17.6. The molecule has 2 heterocycles. The summed E-state index contributed by atoms with van der Waals surface area (Å²) in [5.74, 6) is -2.70. The van der Waals surface area contributed by atoms with Crippen molar-refractivity contribution in [3.8, 4) is 10.6 Å².